The lowest BCUT2D eigenvalue weighted by Crippen LogP contribution is -2.34. The molecule has 0 saturated carbocycles. The Labute approximate surface area is 124 Å². The number of amides is 1. The zero-order chi connectivity index (χ0) is 14.5. The third-order valence-corrected chi connectivity index (χ3v) is 4.31. The van der Waals surface area contributed by atoms with Crippen LogP contribution in [0.5, 0.6) is 0 Å². The molecule has 2 rings (SSSR count). The highest BCUT2D eigenvalue weighted by molar-refractivity contribution is 7.10. The minimum Gasteiger partial charge on any atom is -0.350 e. The van der Waals surface area contributed by atoms with E-state index in [0.29, 0.717) is 6.54 Å². The molecule has 1 atom stereocenters. The van der Waals surface area contributed by atoms with Crippen LogP contribution in [0.4, 0.5) is 0 Å². The second kappa shape index (κ2) is 6.68. The Hall–Kier alpha value is -1.65. The highest BCUT2D eigenvalue weighted by atomic mass is 32.1. The van der Waals surface area contributed by atoms with Gasteiger partial charge in [0, 0.05) is 17.0 Å². The first kappa shape index (κ1) is 14.8. The van der Waals surface area contributed by atoms with Gasteiger partial charge in [0.25, 0.3) is 5.91 Å². The number of likely N-dealkylation sites (N-methyl/N-ethyl adjacent to an activating group) is 1. The topological polar surface area (TPSA) is 32.3 Å². The smallest absolute Gasteiger partial charge is 0.251 e. The number of hydrogen-bond donors (Lipinski definition) is 1. The molecule has 0 fully saturated rings. The van der Waals surface area contributed by atoms with Gasteiger partial charge in [-0.2, -0.15) is 0 Å². The minimum atomic E-state index is -0.00786. The molecule has 1 amide bonds. The molecule has 20 heavy (non-hydrogen) atoms. The number of aryl methyl sites for hydroxylation is 1. The van der Waals surface area contributed by atoms with Gasteiger partial charge >= 0.3 is 0 Å². The third-order valence-electron chi connectivity index (χ3n) is 3.34. The lowest BCUT2D eigenvalue weighted by molar-refractivity contribution is 0.0941. The summed E-state index contributed by atoms with van der Waals surface area (Å²) in [6.07, 6.45) is 0. The van der Waals surface area contributed by atoms with Crippen molar-refractivity contribution in [1.29, 1.82) is 0 Å². The van der Waals surface area contributed by atoms with Crippen molar-refractivity contribution < 1.29 is 4.79 Å². The average Bonchev–Trinajstić information content (AvgIpc) is 2.92. The predicted molar refractivity (Wildman–Crippen MR) is 84.3 cm³/mol. The van der Waals surface area contributed by atoms with Crippen molar-refractivity contribution in [2.24, 2.45) is 0 Å². The number of benzene rings is 1. The van der Waals surface area contributed by atoms with Crippen LogP contribution in [0, 0.1) is 6.92 Å². The fraction of sp³-hybridized carbons (Fsp3) is 0.312. The fourth-order valence-electron chi connectivity index (χ4n) is 2.13. The maximum atomic E-state index is 12.2. The quantitative estimate of drug-likeness (QED) is 0.917. The molecule has 2 aromatic rings. The van der Waals surface area contributed by atoms with E-state index in [9.17, 15) is 4.79 Å². The first-order valence-electron chi connectivity index (χ1n) is 6.63. The highest BCUT2D eigenvalue weighted by Crippen LogP contribution is 2.22. The Morgan fingerprint density at radius 1 is 1.25 bits per heavy atom. The third kappa shape index (κ3) is 3.46. The monoisotopic (exact) mass is 288 g/mol. The summed E-state index contributed by atoms with van der Waals surface area (Å²) in [4.78, 5) is 15.6. The van der Waals surface area contributed by atoms with Gasteiger partial charge in [-0.1, -0.05) is 24.3 Å². The summed E-state index contributed by atoms with van der Waals surface area (Å²) in [6, 6.07) is 12.0. The molecule has 1 heterocycles. The number of hydrogen-bond acceptors (Lipinski definition) is 3. The normalized spacial score (nSPS) is 12.4. The number of nitrogens with zero attached hydrogens (tertiary/aromatic N) is 1. The lowest BCUT2D eigenvalue weighted by atomic mass is 10.1. The summed E-state index contributed by atoms with van der Waals surface area (Å²) in [5, 5.41) is 5.10. The van der Waals surface area contributed by atoms with Gasteiger partial charge in [-0.15, -0.1) is 11.3 Å². The SMILES string of the molecule is Cc1ccccc1C(=O)NC[C@@H](c1cccs1)N(C)C. The zero-order valence-electron chi connectivity index (χ0n) is 12.1. The van der Waals surface area contributed by atoms with Crippen LogP contribution in [0.2, 0.25) is 0 Å². The maximum Gasteiger partial charge on any atom is 0.251 e. The van der Waals surface area contributed by atoms with Gasteiger partial charge in [-0.25, -0.2) is 0 Å². The highest BCUT2D eigenvalue weighted by Gasteiger charge is 2.17. The van der Waals surface area contributed by atoms with Crippen LogP contribution in [-0.2, 0) is 0 Å². The average molecular weight is 288 g/mol. The number of thiophene rings is 1. The standard InChI is InChI=1S/C16H20N2OS/c1-12-7-4-5-8-13(12)16(19)17-11-14(18(2)3)15-9-6-10-20-15/h4-10,14H,11H2,1-3H3,(H,17,19)/t14-/m0/s1. The second-order valence-corrected chi connectivity index (χ2v) is 6.00. The van der Waals surface area contributed by atoms with E-state index >= 15 is 0 Å². The Morgan fingerprint density at radius 2 is 2.00 bits per heavy atom. The van der Waals surface area contributed by atoms with Gasteiger partial charge in [0.15, 0.2) is 0 Å². The molecule has 0 aliphatic carbocycles. The van der Waals surface area contributed by atoms with Crippen molar-refractivity contribution in [2.75, 3.05) is 20.6 Å². The van der Waals surface area contributed by atoms with Crippen LogP contribution < -0.4 is 5.32 Å². The molecule has 0 aliphatic heterocycles. The zero-order valence-corrected chi connectivity index (χ0v) is 12.9. The van der Waals surface area contributed by atoms with E-state index in [2.05, 4.69) is 21.7 Å². The van der Waals surface area contributed by atoms with E-state index in [1.165, 1.54) is 4.88 Å². The Balaban J connectivity index is 2.03. The first-order valence-corrected chi connectivity index (χ1v) is 7.51. The molecule has 1 N–H and O–H groups in total. The van der Waals surface area contributed by atoms with Crippen LogP contribution >= 0.6 is 11.3 Å². The summed E-state index contributed by atoms with van der Waals surface area (Å²) in [5.41, 5.74) is 1.75. The summed E-state index contributed by atoms with van der Waals surface area (Å²) < 4.78 is 0. The number of rotatable bonds is 5. The van der Waals surface area contributed by atoms with Crippen molar-refractivity contribution in [2.45, 2.75) is 13.0 Å². The van der Waals surface area contributed by atoms with Crippen LogP contribution in [0.3, 0.4) is 0 Å². The Bertz CT molecular complexity index is 564. The number of nitrogens with one attached hydrogen (secondary N) is 1. The predicted octanol–water partition coefficient (Wildman–Crippen LogP) is 3.09. The van der Waals surface area contributed by atoms with Crippen molar-refractivity contribution >= 4 is 17.2 Å². The molecule has 106 valence electrons. The molecule has 0 bridgehead atoms. The van der Waals surface area contributed by atoms with Gasteiger partial charge < -0.3 is 10.2 Å². The van der Waals surface area contributed by atoms with E-state index < -0.39 is 0 Å². The maximum absolute atomic E-state index is 12.2. The molecule has 0 aliphatic rings. The summed E-state index contributed by atoms with van der Waals surface area (Å²) in [6.45, 7) is 2.57. The van der Waals surface area contributed by atoms with Gasteiger partial charge in [-0.05, 0) is 44.1 Å². The molecule has 1 aromatic heterocycles. The van der Waals surface area contributed by atoms with Crippen molar-refractivity contribution in [1.82, 2.24) is 10.2 Å². The van der Waals surface area contributed by atoms with Crippen molar-refractivity contribution in [3.05, 3.63) is 57.8 Å². The summed E-state index contributed by atoms with van der Waals surface area (Å²) in [7, 11) is 4.06. The second-order valence-electron chi connectivity index (χ2n) is 5.02. The molecule has 0 unspecified atom stereocenters. The van der Waals surface area contributed by atoms with Crippen molar-refractivity contribution in [3.8, 4) is 0 Å². The van der Waals surface area contributed by atoms with Crippen LogP contribution in [0.1, 0.15) is 26.8 Å². The molecule has 3 nitrogen and oxygen atoms in total. The van der Waals surface area contributed by atoms with Gasteiger partial charge in [0.05, 0.1) is 6.04 Å². The Kier molecular flexibility index (Phi) is 4.93. The summed E-state index contributed by atoms with van der Waals surface area (Å²) in [5.74, 6) is -0.00786. The molecule has 0 saturated heterocycles. The van der Waals surface area contributed by atoms with E-state index in [0.717, 1.165) is 11.1 Å². The molecule has 0 radical (unpaired) electrons. The van der Waals surface area contributed by atoms with Gasteiger partial charge in [-0.3, -0.25) is 4.79 Å². The Morgan fingerprint density at radius 3 is 2.60 bits per heavy atom. The van der Waals surface area contributed by atoms with Crippen LogP contribution in [0.15, 0.2) is 41.8 Å². The number of carbonyl (C=O) groups excluding carboxylic acids is 1. The first-order chi connectivity index (χ1) is 9.59. The van der Waals surface area contributed by atoms with Gasteiger partial charge in [0.2, 0.25) is 0 Å². The fourth-order valence-corrected chi connectivity index (χ4v) is 3.05. The largest absolute Gasteiger partial charge is 0.350 e. The molecular weight excluding hydrogens is 268 g/mol. The van der Waals surface area contributed by atoms with Crippen molar-refractivity contribution in [3.63, 3.8) is 0 Å². The minimum absolute atomic E-state index is 0.00786. The van der Waals surface area contributed by atoms with Crippen LogP contribution in [-0.4, -0.2) is 31.4 Å². The molecular formula is C16H20N2OS. The summed E-state index contributed by atoms with van der Waals surface area (Å²) >= 11 is 1.72. The van der Waals surface area contributed by atoms with E-state index in [4.69, 9.17) is 0 Å². The van der Waals surface area contributed by atoms with E-state index in [1.54, 1.807) is 11.3 Å². The van der Waals surface area contributed by atoms with Gasteiger partial charge in [0.1, 0.15) is 0 Å². The van der Waals surface area contributed by atoms with Crippen LogP contribution in [0.25, 0.3) is 0 Å². The molecule has 1 aromatic carbocycles. The molecule has 4 heteroatoms. The van der Waals surface area contributed by atoms with E-state index in [1.807, 2.05) is 51.4 Å². The van der Waals surface area contributed by atoms with E-state index in [-0.39, 0.29) is 11.9 Å². The molecule has 0 spiro atoms. The number of carbonyl (C=O) groups is 1. The lowest BCUT2D eigenvalue weighted by Gasteiger charge is -2.23.